The zero-order chi connectivity index (χ0) is 24.6. The number of alkyl halides is 2. The molecular formula is C23H28F3N7O. The van der Waals surface area contributed by atoms with E-state index in [1.807, 2.05) is 6.92 Å². The number of nitrogens with one attached hydrogen (secondary N) is 2. The Morgan fingerprint density at radius 1 is 1.26 bits per heavy atom. The smallest absolute Gasteiger partial charge is 0.257 e. The van der Waals surface area contributed by atoms with Crippen LogP contribution in [0.1, 0.15) is 42.2 Å². The van der Waals surface area contributed by atoms with Gasteiger partial charge in [-0.3, -0.25) is 9.48 Å². The molecular weight excluding hydrogens is 447 g/mol. The maximum Gasteiger partial charge on any atom is 0.257 e. The summed E-state index contributed by atoms with van der Waals surface area (Å²) in [4.78, 5) is 16.3. The Morgan fingerprint density at radius 2 is 2.00 bits per heavy atom. The standard InChI is InChI=1S/C23H28F3N7O/c1-11(27)18(7-13-3-4-13)30-23-17(24)9-16(21(28)34)22(31-23)29-14-5-6-15-12(2)32-33(10-20(25)26)19(15)8-14/h5-6,8-9,11,13,18,20H,3-4,7,10,27H2,1-2H3,(H2,28,34)(H2,29,30,31)/t11-,18+/m0/s1. The molecule has 1 aliphatic carbocycles. The number of benzene rings is 1. The van der Waals surface area contributed by atoms with Crippen molar-refractivity contribution >= 4 is 34.1 Å². The van der Waals surface area contributed by atoms with E-state index in [-0.39, 0.29) is 29.3 Å². The molecule has 1 aliphatic rings. The molecule has 1 fully saturated rings. The van der Waals surface area contributed by atoms with Gasteiger partial charge in [0.1, 0.15) is 12.4 Å². The number of hydrogen-bond acceptors (Lipinski definition) is 6. The number of rotatable bonds is 10. The highest BCUT2D eigenvalue weighted by Crippen LogP contribution is 2.35. The van der Waals surface area contributed by atoms with Crippen LogP contribution in [0.3, 0.4) is 0 Å². The minimum Gasteiger partial charge on any atom is -0.365 e. The van der Waals surface area contributed by atoms with Gasteiger partial charge in [-0.25, -0.2) is 18.2 Å². The van der Waals surface area contributed by atoms with Gasteiger partial charge >= 0.3 is 0 Å². The average Bonchev–Trinajstić information content (AvgIpc) is 3.53. The average molecular weight is 476 g/mol. The van der Waals surface area contributed by atoms with Gasteiger partial charge in [0.05, 0.1) is 16.8 Å². The van der Waals surface area contributed by atoms with Gasteiger partial charge in [-0.2, -0.15) is 5.10 Å². The summed E-state index contributed by atoms with van der Waals surface area (Å²) in [7, 11) is 0. The first-order valence-corrected chi connectivity index (χ1v) is 11.2. The fourth-order valence-electron chi connectivity index (χ4n) is 3.99. The molecule has 1 amide bonds. The molecule has 0 bridgehead atoms. The molecule has 0 aliphatic heterocycles. The normalized spacial score (nSPS) is 15.5. The number of carbonyl (C=O) groups excluding carboxylic acids is 1. The summed E-state index contributed by atoms with van der Waals surface area (Å²) in [5, 5.41) is 10.9. The van der Waals surface area contributed by atoms with Gasteiger partial charge in [-0.15, -0.1) is 0 Å². The number of carbonyl (C=O) groups is 1. The highest BCUT2D eigenvalue weighted by Gasteiger charge is 2.28. The molecule has 4 rings (SSSR count). The number of nitrogens with zero attached hydrogens (tertiary/aromatic N) is 3. The minimum absolute atomic E-state index is 0.0437. The van der Waals surface area contributed by atoms with E-state index in [1.54, 1.807) is 25.1 Å². The predicted octanol–water partition coefficient (Wildman–Crippen LogP) is 3.91. The summed E-state index contributed by atoms with van der Waals surface area (Å²) < 4.78 is 42.0. The quantitative estimate of drug-likeness (QED) is 0.352. The third kappa shape index (κ3) is 5.24. The van der Waals surface area contributed by atoms with E-state index in [4.69, 9.17) is 11.5 Å². The lowest BCUT2D eigenvalue weighted by Crippen LogP contribution is -2.39. The summed E-state index contributed by atoms with van der Waals surface area (Å²) in [6, 6.07) is 5.65. The molecule has 2 heterocycles. The van der Waals surface area contributed by atoms with Gasteiger partial charge in [0, 0.05) is 23.2 Å². The summed E-state index contributed by atoms with van der Waals surface area (Å²) in [5.41, 5.74) is 13.0. The lowest BCUT2D eigenvalue weighted by Gasteiger charge is -2.24. The first-order chi connectivity index (χ1) is 16.1. The number of primary amides is 1. The van der Waals surface area contributed by atoms with E-state index in [0.29, 0.717) is 22.8 Å². The Labute approximate surface area is 194 Å². The molecule has 1 saturated carbocycles. The number of amides is 1. The minimum atomic E-state index is -2.57. The lowest BCUT2D eigenvalue weighted by molar-refractivity contribution is 0.1000. The summed E-state index contributed by atoms with van der Waals surface area (Å²) in [6.45, 7) is 3.02. The van der Waals surface area contributed by atoms with E-state index in [1.165, 1.54) is 4.68 Å². The van der Waals surface area contributed by atoms with Gasteiger partial charge in [-0.05, 0) is 50.5 Å². The molecule has 11 heteroatoms. The van der Waals surface area contributed by atoms with Crippen LogP contribution < -0.4 is 22.1 Å². The Kier molecular flexibility index (Phi) is 6.65. The van der Waals surface area contributed by atoms with E-state index < -0.39 is 24.7 Å². The molecule has 6 N–H and O–H groups in total. The summed E-state index contributed by atoms with van der Waals surface area (Å²) in [6.07, 6.45) is 0.474. The second kappa shape index (κ2) is 9.49. The van der Waals surface area contributed by atoms with Crippen molar-refractivity contribution in [2.24, 2.45) is 17.4 Å². The molecule has 3 aromatic rings. The number of anilines is 3. The van der Waals surface area contributed by atoms with Crippen molar-refractivity contribution in [1.29, 1.82) is 0 Å². The van der Waals surface area contributed by atoms with Crippen LogP contribution in [0.5, 0.6) is 0 Å². The zero-order valence-electron chi connectivity index (χ0n) is 19.0. The lowest BCUT2D eigenvalue weighted by atomic mass is 10.0. The third-order valence-corrected chi connectivity index (χ3v) is 5.99. The number of pyridine rings is 1. The molecule has 0 unspecified atom stereocenters. The van der Waals surface area contributed by atoms with E-state index in [2.05, 4.69) is 20.7 Å². The van der Waals surface area contributed by atoms with Gasteiger partial charge < -0.3 is 22.1 Å². The maximum atomic E-state index is 14.8. The second-order valence-corrected chi connectivity index (χ2v) is 8.88. The SMILES string of the molecule is Cc1nn(CC(F)F)c2cc(Nc3nc(N[C@H](CC4CC4)[C@H](C)N)c(F)cc3C(N)=O)ccc12. The van der Waals surface area contributed by atoms with Crippen LogP contribution in [0.2, 0.25) is 0 Å². The fraction of sp³-hybridized carbons (Fsp3) is 0.435. The van der Waals surface area contributed by atoms with E-state index >= 15 is 0 Å². The molecule has 34 heavy (non-hydrogen) atoms. The van der Waals surface area contributed by atoms with Crippen LogP contribution in [-0.2, 0) is 6.54 Å². The topological polar surface area (TPSA) is 124 Å². The van der Waals surface area contributed by atoms with Crippen molar-refractivity contribution in [3.63, 3.8) is 0 Å². The first-order valence-electron chi connectivity index (χ1n) is 11.2. The molecule has 2 aromatic heterocycles. The van der Waals surface area contributed by atoms with Gasteiger partial charge in [0.25, 0.3) is 12.3 Å². The zero-order valence-corrected chi connectivity index (χ0v) is 19.0. The summed E-state index contributed by atoms with van der Waals surface area (Å²) in [5.74, 6) is -1.02. The molecule has 182 valence electrons. The van der Waals surface area contributed by atoms with E-state index in [0.717, 1.165) is 30.7 Å². The van der Waals surface area contributed by atoms with Crippen molar-refractivity contribution in [2.45, 2.75) is 58.2 Å². The van der Waals surface area contributed by atoms with Crippen molar-refractivity contribution in [2.75, 3.05) is 10.6 Å². The number of hydrogen-bond donors (Lipinski definition) is 4. The Morgan fingerprint density at radius 3 is 2.62 bits per heavy atom. The maximum absolute atomic E-state index is 14.8. The van der Waals surface area contributed by atoms with Crippen LogP contribution >= 0.6 is 0 Å². The number of halogens is 3. The first kappa shape index (κ1) is 23.8. The third-order valence-electron chi connectivity index (χ3n) is 5.99. The highest BCUT2D eigenvalue weighted by molar-refractivity contribution is 5.99. The van der Waals surface area contributed by atoms with Crippen molar-refractivity contribution in [1.82, 2.24) is 14.8 Å². The van der Waals surface area contributed by atoms with E-state index in [9.17, 15) is 18.0 Å². The molecule has 0 radical (unpaired) electrons. The van der Waals surface area contributed by atoms with Crippen LogP contribution in [0.4, 0.5) is 30.5 Å². The van der Waals surface area contributed by atoms with Crippen LogP contribution in [-0.4, -0.2) is 39.2 Å². The Balaban J connectivity index is 1.68. The molecule has 8 nitrogen and oxygen atoms in total. The summed E-state index contributed by atoms with van der Waals surface area (Å²) >= 11 is 0. The van der Waals surface area contributed by atoms with Gasteiger partial charge in [-0.1, -0.05) is 12.8 Å². The number of fused-ring (bicyclic) bond motifs is 1. The highest BCUT2D eigenvalue weighted by atomic mass is 19.3. The Bertz CT molecular complexity index is 1210. The van der Waals surface area contributed by atoms with Crippen LogP contribution in [0.15, 0.2) is 24.3 Å². The van der Waals surface area contributed by atoms with Gasteiger partial charge in [0.2, 0.25) is 0 Å². The number of nitrogens with two attached hydrogens (primary N) is 2. The molecule has 2 atom stereocenters. The molecule has 0 spiro atoms. The van der Waals surface area contributed by atoms with Crippen molar-refractivity contribution in [3.8, 4) is 0 Å². The second-order valence-electron chi connectivity index (χ2n) is 8.88. The number of aromatic nitrogens is 3. The predicted molar refractivity (Wildman–Crippen MR) is 125 cm³/mol. The van der Waals surface area contributed by atoms with Crippen molar-refractivity contribution < 1.29 is 18.0 Å². The Hall–Kier alpha value is -3.34. The van der Waals surface area contributed by atoms with Crippen molar-refractivity contribution in [3.05, 3.63) is 41.3 Å². The number of aryl methyl sites for hydroxylation is 1. The monoisotopic (exact) mass is 475 g/mol. The van der Waals surface area contributed by atoms with Gasteiger partial charge in [0.15, 0.2) is 11.6 Å². The molecule has 1 aromatic carbocycles. The fourth-order valence-corrected chi connectivity index (χ4v) is 3.99. The largest absolute Gasteiger partial charge is 0.365 e. The molecule has 0 saturated heterocycles. The van der Waals surface area contributed by atoms with Crippen LogP contribution in [0, 0.1) is 18.7 Å². The van der Waals surface area contributed by atoms with Crippen LogP contribution in [0.25, 0.3) is 10.9 Å².